The molecule has 0 spiro atoms. The van der Waals surface area contributed by atoms with Gasteiger partial charge in [-0.3, -0.25) is 0 Å². The largest absolute Gasteiger partial charge is 0.507 e. The molecular formula is C29H37N3O2S. The Morgan fingerprint density at radius 2 is 1.66 bits per heavy atom. The van der Waals surface area contributed by atoms with Crippen molar-refractivity contribution in [2.45, 2.75) is 64.9 Å². The number of nitrogens with zero attached hydrogens (tertiary/aromatic N) is 2. The van der Waals surface area contributed by atoms with Crippen LogP contribution in [0.15, 0.2) is 58.9 Å². The van der Waals surface area contributed by atoms with Crippen LogP contribution in [0.25, 0.3) is 0 Å². The molecule has 186 valence electrons. The molecule has 35 heavy (non-hydrogen) atoms. The van der Waals surface area contributed by atoms with Gasteiger partial charge in [0.1, 0.15) is 23.4 Å². The number of ether oxygens (including phenoxy) is 1. The summed E-state index contributed by atoms with van der Waals surface area (Å²) in [5.41, 5.74) is 9.75. The average Bonchev–Trinajstić information content (AvgIpc) is 3.46. The summed E-state index contributed by atoms with van der Waals surface area (Å²) in [6, 6.07) is 16.0. The summed E-state index contributed by atoms with van der Waals surface area (Å²) in [6.45, 7) is 14.6. The van der Waals surface area contributed by atoms with E-state index in [1.807, 2.05) is 41.8 Å². The van der Waals surface area contributed by atoms with Gasteiger partial charge in [0.2, 0.25) is 0 Å². The maximum atomic E-state index is 11.0. The lowest BCUT2D eigenvalue weighted by Gasteiger charge is -2.30. The van der Waals surface area contributed by atoms with E-state index in [9.17, 15) is 5.11 Å². The highest BCUT2D eigenvalue weighted by Crippen LogP contribution is 2.42. The number of anilines is 1. The topological polar surface area (TPSA) is 71.1 Å². The van der Waals surface area contributed by atoms with Crippen LogP contribution in [-0.2, 0) is 10.8 Å². The molecule has 1 aliphatic rings. The van der Waals surface area contributed by atoms with Gasteiger partial charge in [-0.15, -0.1) is 11.3 Å². The zero-order valence-electron chi connectivity index (χ0n) is 21.6. The lowest BCUT2D eigenvalue weighted by molar-refractivity contribution is 0.225. The Hall–Kier alpha value is -2.99. The maximum Gasteiger partial charge on any atom is 0.141 e. The number of aliphatic imine (C=N–C) groups is 1. The third-order valence-electron chi connectivity index (χ3n) is 6.38. The number of amidine groups is 1. The Labute approximate surface area is 213 Å². The fourth-order valence-electron chi connectivity index (χ4n) is 4.41. The summed E-state index contributed by atoms with van der Waals surface area (Å²) >= 11 is 1.58. The van der Waals surface area contributed by atoms with Crippen molar-refractivity contribution in [3.63, 3.8) is 0 Å². The minimum atomic E-state index is -0.146. The second-order valence-corrected chi connectivity index (χ2v) is 12.3. The van der Waals surface area contributed by atoms with Gasteiger partial charge < -0.3 is 20.5 Å². The lowest BCUT2D eigenvalue weighted by atomic mass is 9.79. The molecule has 2 heterocycles. The minimum Gasteiger partial charge on any atom is -0.507 e. The van der Waals surface area contributed by atoms with E-state index < -0.39 is 0 Å². The van der Waals surface area contributed by atoms with Gasteiger partial charge in [-0.2, -0.15) is 0 Å². The number of phenolic OH excluding ortho intramolecular Hbond substituents is 1. The van der Waals surface area contributed by atoms with Gasteiger partial charge >= 0.3 is 0 Å². The molecule has 0 bridgehead atoms. The van der Waals surface area contributed by atoms with Gasteiger partial charge in [-0.1, -0.05) is 47.6 Å². The molecule has 1 atom stereocenters. The van der Waals surface area contributed by atoms with Gasteiger partial charge in [0, 0.05) is 29.8 Å². The van der Waals surface area contributed by atoms with Crippen LogP contribution in [0, 0.1) is 0 Å². The van der Waals surface area contributed by atoms with Gasteiger partial charge in [-0.25, -0.2) is 4.99 Å². The molecular weight excluding hydrogens is 454 g/mol. The summed E-state index contributed by atoms with van der Waals surface area (Å²) < 4.78 is 6.31. The van der Waals surface area contributed by atoms with E-state index in [0.717, 1.165) is 52.6 Å². The zero-order chi connectivity index (χ0) is 25.4. The van der Waals surface area contributed by atoms with Gasteiger partial charge in [-0.05, 0) is 58.7 Å². The Balaban J connectivity index is 1.47. The predicted molar refractivity (Wildman–Crippen MR) is 148 cm³/mol. The lowest BCUT2D eigenvalue weighted by Crippen LogP contribution is -2.26. The number of hydrogen-bond acceptors (Lipinski definition) is 5. The van der Waals surface area contributed by atoms with Crippen LogP contribution in [0.1, 0.15) is 64.0 Å². The van der Waals surface area contributed by atoms with E-state index in [-0.39, 0.29) is 16.9 Å². The first-order chi connectivity index (χ1) is 16.4. The first-order valence-electron chi connectivity index (χ1n) is 12.2. The van der Waals surface area contributed by atoms with Gasteiger partial charge in [0.05, 0.1) is 17.1 Å². The monoisotopic (exact) mass is 491 g/mol. The summed E-state index contributed by atoms with van der Waals surface area (Å²) in [5.74, 6) is 1.78. The third kappa shape index (κ3) is 5.81. The summed E-state index contributed by atoms with van der Waals surface area (Å²) in [6.07, 6.45) is 1.05. The zero-order valence-corrected chi connectivity index (χ0v) is 22.4. The molecule has 0 aliphatic carbocycles. The molecule has 1 aromatic heterocycles. The molecule has 0 unspecified atom stereocenters. The predicted octanol–water partition coefficient (Wildman–Crippen LogP) is 6.74. The van der Waals surface area contributed by atoms with Crippen LogP contribution in [0.5, 0.6) is 11.5 Å². The maximum absolute atomic E-state index is 11.0. The van der Waals surface area contributed by atoms with Crippen LogP contribution < -0.4 is 15.4 Å². The van der Waals surface area contributed by atoms with Crippen LogP contribution in [0.3, 0.4) is 0 Å². The molecule has 2 aromatic carbocycles. The molecule has 3 aromatic rings. The molecule has 6 heteroatoms. The number of hydrogen-bond donors (Lipinski definition) is 2. The quantitative estimate of drug-likeness (QED) is 0.306. The van der Waals surface area contributed by atoms with Crippen molar-refractivity contribution in [1.82, 2.24) is 0 Å². The molecule has 5 nitrogen and oxygen atoms in total. The fourth-order valence-corrected chi connectivity index (χ4v) is 5.04. The fraction of sp³-hybridized carbons (Fsp3) is 0.414. The first-order valence-corrected chi connectivity index (χ1v) is 13.1. The molecule has 4 rings (SSSR count). The van der Waals surface area contributed by atoms with Crippen molar-refractivity contribution in [3.8, 4) is 11.5 Å². The van der Waals surface area contributed by atoms with E-state index >= 15 is 0 Å². The minimum absolute atomic E-state index is 0.102. The Morgan fingerprint density at radius 3 is 2.20 bits per heavy atom. The molecule has 1 saturated heterocycles. The van der Waals surface area contributed by atoms with E-state index in [4.69, 9.17) is 10.5 Å². The second-order valence-electron chi connectivity index (χ2n) is 11.3. The van der Waals surface area contributed by atoms with Crippen molar-refractivity contribution in [2.24, 2.45) is 10.7 Å². The standard InChI is InChI=1S/C29H37N3O2S/c1-28(2,3)23-16-20(17-24(26(23)33)29(4,5)6)32-14-13-22(18-32)34-21-11-9-19(10-12-21)31-27(30)25-8-7-15-35-25/h7-12,15-17,22,33H,13-14,18H2,1-6H3,(H2,30,31)/t22-/m0/s1. The molecule has 3 N–H and O–H groups in total. The average molecular weight is 492 g/mol. The SMILES string of the molecule is CC(C)(C)c1cc(N2CC[C@H](Oc3ccc(N=C(N)c4cccs4)cc3)C2)cc(C(C)(C)C)c1O. The summed E-state index contributed by atoms with van der Waals surface area (Å²) in [5, 5.41) is 13.0. The van der Waals surface area contributed by atoms with Crippen molar-refractivity contribution in [2.75, 3.05) is 18.0 Å². The second kappa shape index (κ2) is 9.57. The molecule has 1 fully saturated rings. The first kappa shape index (κ1) is 25.1. The van der Waals surface area contributed by atoms with Crippen LogP contribution in [-0.4, -0.2) is 30.1 Å². The third-order valence-corrected chi connectivity index (χ3v) is 7.28. The van der Waals surface area contributed by atoms with Gasteiger partial charge in [0.15, 0.2) is 0 Å². The van der Waals surface area contributed by atoms with Crippen molar-refractivity contribution in [3.05, 3.63) is 69.9 Å². The van der Waals surface area contributed by atoms with E-state index in [0.29, 0.717) is 11.6 Å². The van der Waals surface area contributed by atoms with Crippen LogP contribution in [0.4, 0.5) is 11.4 Å². The van der Waals surface area contributed by atoms with Crippen LogP contribution in [0.2, 0.25) is 0 Å². The van der Waals surface area contributed by atoms with E-state index in [1.165, 1.54) is 0 Å². The Bertz CT molecular complexity index is 1150. The normalized spacial score (nSPS) is 17.1. The molecule has 1 aliphatic heterocycles. The number of aromatic hydroxyl groups is 1. The highest BCUT2D eigenvalue weighted by Gasteiger charge is 2.30. The van der Waals surface area contributed by atoms with E-state index in [1.54, 1.807) is 11.3 Å². The van der Waals surface area contributed by atoms with E-state index in [2.05, 4.69) is 63.6 Å². The van der Waals surface area contributed by atoms with Crippen molar-refractivity contribution >= 4 is 28.5 Å². The van der Waals surface area contributed by atoms with Crippen molar-refractivity contribution in [1.29, 1.82) is 0 Å². The van der Waals surface area contributed by atoms with Gasteiger partial charge in [0.25, 0.3) is 0 Å². The smallest absolute Gasteiger partial charge is 0.141 e. The number of thiophene rings is 1. The Kier molecular flexibility index (Phi) is 6.87. The number of nitrogens with two attached hydrogens (primary N) is 1. The highest BCUT2D eigenvalue weighted by molar-refractivity contribution is 7.12. The number of benzene rings is 2. The summed E-state index contributed by atoms with van der Waals surface area (Å²) in [4.78, 5) is 7.85. The number of rotatable bonds is 5. The number of phenols is 1. The molecule has 0 saturated carbocycles. The van der Waals surface area contributed by atoms with Crippen LogP contribution >= 0.6 is 11.3 Å². The molecule has 0 radical (unpaired) electrons. The van der Waals surface area contributed by atoms with Crippen molar-refractivity contribution < 1.29 is 9.84 Å². The summed E-state index contributed by atoms with van der Waals surface area (Å²) in [7, 11) is 0. The highest BCUT2D eigenvalue weighted by atomic mass is 32.1. The molecule has 0 amide bonds. The Morgan fingerprint density at radius 1 is 1.03 bits per heavy atom.